The monoisotopic (exact) mass is 337 g/mol. The maximum Gasteiger partial charge on any atom is 0.410 e. The van der Waals surface area contributed by atoms with E-state index >= 15 is 0 Å². The molecule has 1 N–H and O–H groups in total. The Morgan fingerprint density at radius 3 is 2.28 bits per heavy atom. The molecule has 0 radical (unpaired) electrons. The highest BCUT2D eigenvalue weighted by atomic mass is 16.6. The highest BCUT2D eigenvalue weighted by molar-refractivity contribution is 5.79. The molecule has 4 nitrogen and oxygen atoms in total. The first-order chi connectivity index (χ1) is 12.1. The van der Waals surface area contributed by atoms with Crippen molar-refractivity contribution in [1.29, 1.82) is 0 Å². The number of likely N-dealkylation sites (tertiary alicyclic amines) is 1. The summed E-state index contributed by atoms with van der Waals surface area (Å²) in [5.41, 5.74) is 4.63. The van der Waals surface area contributed by atoms with Gasteiger partial charge in [0.15, 0.2) is 0 Å². The average molecular weight is 337 g/mol. The van der Waals surface area contributed by atoms with E-state index in [9.17, 15) is 9.90 Å². The smallest absolute Gasteiger partial charge is 0.410 e. The maximum absolute atomic E-state index is 12.5. The molecule has 2 aromatic rings. The van der Waals surface area contributed by atoms with Crippen LogP contribution in [0.4, 0.5) is 4.79 Å². The third-order valence-electron chi connectivity index (χ3n) is 5.73. The molecule has 1 aliphatic carbocycles. The van der Waals surface area contributed by atoms with Gasteiger partial charge in [0.2, 0.25) is 0 Å². The minimum absolute atomic E-state index is 0.0849. The second kappa shape index (κ2) is 6.19. The molecule has 1 fully saturated rings. The molecule has 2 aliphatic rings. The maximum atomic E-state index is 12.5. The van der Waals surface area contributed by atoms with Crippen LogP contribution < -0.4 is 0 Å². The third-order valence-corrected chi connectivity index (χ3v) is 5.73. The predicted molar refractivity (Wildman–Crippen MR) is 96.5 cm³/mol. The van der Waals surface area contributed by atoms with Crippen LogP contribution in [-0.4, -0.2) is 41.4 Å². The number of rotatable bonds is 4. The van der Waals surface area contributed by atoms with Gasteiger partial charge in [0.1, 0.15) is 6.61 Å². The van der Waals surface area contributed by atoms with E-state index in [1.165, 1.54) is 22.3 Å². The van der Waals surface area contributed by atoms with E-state index in [0.29, 0.717) is 19.6 Å². The number of hydrogen-bond donors (Lipinski definition) is 1. The minimum atomic E-state index is -0.274. The molecule has 0 saturated carbocycles. The molecule has 1 heterocycles. The summed E-state index contributed by atoms with van der Waals surface area (Å²) in [5.74, 6) is 0.0849. The van der Waals surface area contributed by atoms with Crippen molar-refractivity contribution in [3.63, 3.8) is 0 Å². The van der Waals surface area contributed by atoms with Crippen molar-refractivity contribution in [3.05, 3.63) is 59.7 Å². The number of aliphatic hydroxyl groups excluding tert-OH is 1. The number of amides is 1. The van der Waals surface area contributed by atoms with E-state index in [1.807, 2.05) is 31.2 Å². The van der Waals surface area contributed by atoms with Crippen LogP contribution in [0, 0.1) is 0 Å². The van der Waals surface area contributed by atoms with Crippen LogP contribution in [0.2, 0.25) is 0 Å². The van der Waals surface area contributed by atoms with Crippen molar-refractivity contribution < 1.29 is 14.6 Å². The van der Waals surface area contributed by atoms with Gasteiger partial charge in [0.25, 0.3) is 0 Å². The highest BCUT2D eigenvalue weighted by Gasteiger charge is 2.44. The number of carbonyl (C=O) groups is 1. The lowest BCUT2D eigenvalue weighted by Gasteiger charge is -2.49. The Bertz CT molecular complexity index is 758. The Morgan fingerprint density at radius 1 is 1.16 bits per heavy atom. The van der Waals surface area contributed by atoms with Crippen molar-refractivity contribution in [2.24, 2.45) is 0 Å². The van der Waals surface area contributed by atoms with Gasteiger partial charge < -0.3 is 14.7 Å². The van der Waals surface area contributed by atoms with Crippen molar-refractivity contribution in [3.8, 4) is 11.1 Å². The molecule has 4 rings (SSSR count). The average Bonchev–Trinajstić information content (AvgIpc) is 2.93. The molecule has 0 bridgehead atoms. The van der Waals surface area contributed by atoms with Gasteiger partial charge in [-0.25, -0.2) is 4.79 Å². The molecule has 1 amide bonds. The molecule has 2 aromatic carbocycles. The van der Waals surface area contributed by atoms with Gasteiger partial charge in [-0.3, -0.25) is 0 Å². The van der Waals surface area contributed by atoms with Crippen molar-refractivity contribution in [2.75, 3.05) is 19.8 Å². The van der Waals surface area contributed by atoms with Crippen LogP contribution >= 0.6 is 0 Å². The number of aliphatic hydroxyl groups is 1. The molecule has 1 unspecified atom stereocenters. The summed E-state index contributed by atoms with van der Waals surface area (Å²) in [4.78, 5) is 14.3. The molecule has 1 atom stereocenters. The molecule has 25 heavy (non-hydrogen) atoms. The number of nitrogens with zero attached hydrogens (tertiary/aromatic N) is 1. The minimum Gasteiger partial charge on any atom is -0.448 e. The first kappa shape index (κ1) is 16.2. The van der Waals surface area contributed by atoms with Crippen LogP contribution in [0.3, 0.4) is 0 Å². The molecule has 130 valence electrons. The second-order valence-electron chi connectivity index (χ2n) is 7.18. The van der Waals surface area contributed by atoms with E-state index in [1.54, 1.807) is 4.90 Å². The molecular formula is C21H23NO3. The molecule has 4 heteroatoms. The Kier molecular flexibility index (Phi) is 4.00. The van der Waals surface area contributed by atoms with Gasteiger partial charge in [-0.2, -0.15) is 0 Å². The van der Waals surface area contributed by atoms with Gasteiger partial charge in [-0.05, 0) is 42.0 Å². The highest BCUT2D eigenvalue weighted by Crippen LogP contribution is 2.44. The zero-order valence-corrected chi connectivity index (χ0v) is 14.4. The van der Waals surface area contributed by atoms with Gasteiger partial charge >= 0.3 is 6.09 Å². The van der Waals surface area contributed by atoms with Crippen LogP contribution in [0.1, 0.15) is 36.8 Å². The number of ether oxygens (including phenoxy) is 1. The van der Waals surface area contributed by atoms with E-state index in [0.717, 1.165) is 6.42 Å². The first-order valence-electron chi connectivity index (χ1n) is 8.87. The summed E-state index contributed by atoms with van der Waals surface area (Å²) in [6.07, 6.45) is 1.23. The number of carbonyl (C=O) groups excluding carboxylic acids is 1. The SMILES string of the molecule is CC1(CCO)CCN1C(=O)OCC1c2ccccc2-c2ccccc21. The zero-order chi connectivity index (χ0) is 17.4. The Balaban J connectivity index is 1.51. The first-order valence-corrected chi connectivity index (χ1v) is 8.87. The fourth-order valence-electron chi connectivity index (χ4n) is 4.09. The van der Waals surface area contributed by atoms with Gasteiger partial charge in [0, 0.05) is 24.6 Å². The van der Waals surface area contributed by atoms with Crippen molar-refractivity contribution in [2.45, 2.75) is 31.2 Å². The summed E-state index contributed by atoms with van der Waals surface area (Å²) in [6.45, 7) is 3.14. The molecule has 1 aliphatic heterocycles. The van der Waals surface area contributed by atoms with Crippen LogP contribution in [0.15, 0.2) is 48.5 Å². The second-order valence-corrected chi connectivity index (χ2v) is 7.18. The quantitative estimate of drug-likeness (QED) is 0.924. The summed E-state index contributed by atoms with van der Waals surface area (Å²) in [7, 11) is 0. The standard InChI is InChI=1S/C21H23NO3/c1-21(11-13-23)10-12-22(21)20(24)25-14-19-17-8-4-2-6-15(17)16-7-3-5-9-18(16)19/h2-9,19,23H,10-14H2,1H3. The number of hydrogen-bond acceptors (Lipinski definition) is 3. The summed E-state index contributed by atoms with van der Waals surface area (Å²) >= 11 is 0. The molecular weight excluding hydrogens is 314 g/mol. The normalized spacial score (nSPS) is 21.4. The van der Waals surface area contributed by atoms with Crippen LogP contribution in [0.25, 0.3) is 11.1 Å². The Hall–Kier alpha value is -2.33. The fraction of sp³-hybridized carbons (Fsp3) is 0.381. The van der Waals surface area contributed by atoms with Crippen molar-refractivity contribution >= 4 is 6.09 Å². The summed E-state index contributed by atoms with van der Waals surface area (Å²) in [6, 6.07) is 16.7. The lowest BCUT2D eigenvalue weighted by atomic mass is 9.84. The van der Waals surface area contributed by atoms with Gasteiger partial charge in [0.05, 0.1) is 0 Å². The van der Waals surface area contributed by atoms with E-state index in [4.69, 9.17) is 4.74 Å². The Labute approximate surface area is 148 Å². The molecule has 0 spiro atoms. The topological polar surface area (TPSA) is 49.8 Å². The van der Waals surface area contributed by atoms with Gasteiger partial charge in [-0.1, -0.05) is 48.5 Å². The number of fused-ring (bicyclic) bond motifs is 3. The Morgan fingerprint density at radius 2 is 1.76 bits per heavy atom. The van der Waals surface area contributed by atoms with Crippen LogP contribution in [-0.2, 0) is 4.74 Å². The number of benzene rings is 2. The predicted octanol–water partition coefficient (Wildman–Crippen LogP) is 3.78. The summed E-state index contributed by atoms with van der Waals surface area (Å²) < 4.78 is 5.69. The van der Waals surface area contributed by atoms with E-state index in [-0.39, 0.29) is 24.2 Å². The van der Waals surface area contributed by atoms with Crippen molar-refractivity contribution in [1.82, 2.24) is 4.90 Å². The van der Waals surface area contributed by atoms with Gasteiger partial charge in [-0.15, -0.1) is 0 Å². The lowest BCUT2D eigenvalue weighted by molar-refractivity contribution is -0.0170. The summed E-state index contributed by atoms with van der Waals surface area (Å²) in [5, 5.41) is 9.21. The molecule has 1 saturated heterocycles. The third kappa shape index (κ3) is 2.61. The zero-order valence-electron chi connectivity index (χ0n) is 14.4. The van der Waals surface area contributed by atoms with E-state index < -0.39 is 0 Å². The molecule has 0 aromatic heterocycles. The fourth-order valence-corrected chi connectivity index (χ4v) is 4.09. The largest absolute Gasteiger partial charge is 0.448 e. The lowest BCUT2D eigenvalue weighted by Crippen LogP contribution is -2.60. The van der Waals surface area contributed by atoms with Crippen LogP contribution in [0.5, 0.6) is 0 Å². The van der Waals surface area contributed by atoms with E-state index in [2.05, 4.69) is 24.3 Å².